The molecule has 0 aromatic heterocycles. The second-order valence-corrected chi connectivity index (χ2v) is 4.41. The summed E-state index contributed by atoms with van der Waals surface area (Å²) >= 11 is 0. The molecule has 4 nitrogen and oxygen atoms in total. The molecule has 0 bridgehead atoms. The van der Waals surface area contributed by atoms with Gasteiger partial charge in [0.1, 0.15) is 6.10 Å². The third-order valence-electron chi connectivity index (χ3n) is 2.96. The molecule has 1 aliphatic rings. The van der Waals surface area contributed by atoms with Gasteiger partial charge in [-0.15, -0.1) is 0 Å². The summed E-state index contributed by atoms with van der Waals surface area (Å²) in [5.41, 5.74) is 0. The van der Waals surface area contributed by atoms with Crippen LogP contribution in [0, 0.1) is 11.8 Å². The fourth-order valence-electron chi connectivity index (χ4n) is 1.91. The van der Waals surface area contributed by atoms with Crippen molar-refractivity contribution < 1.29 is 20.1 Å². The van der Waals surface area contributed by atoms with Crippen molar-refractivity contribution in [3.8, 4) is 0 Å². The van der Waals surface area contributed by atoms with E-state index in [4.69, 9.17) is 9.84 Å². The van der Waals surface area contributed by atoms with Gasteiger partial charge in [0.25, 0.3) is 0 Å². The first kappa shape index (κ1) is 11.9. The fraction of sp³-hybridized carbons (Fsp3) is 1.00. The minimum atomic E-state index is -0.787. The lowest BCUT2D eigenvalue weighted by molar-refractivity contribution is -0.215. The Morgan fingerprint density at radius 3 is 2.21 bits per heavy atom. The van der Waals surface area contributed by atoms with Crippen molar-refractivity contribution in [2.75, 3.05) is 6.61 Å². The van der Waals surface area contributed by atoms with E-state index in [2.05, 4.69) is 0 Å². The van der Waals surface area contributed by atoms with Crippen LogP contribution in [0.4, 0.5) is 0 Å². The molecule has 5 atom stereocenters. The van der Waals surface area contributed by atoms with Crippen molar-refractivity contribution in [1.82, 2.24) is 0 Å². The van der Waals surface area contributed by atoms with Crippen LogP contribution in [0.25, 0.3) is 0 Å². The van der Waals surface area contributed by atoms with E-state index in [1.54, 1.807) is 6.92 Å². The van der Waals surface area contributed by atoms with Crippen molar-refractivity contribution in [1.29, 1.82) is 0 Å². The Morgan fingerprint density at radius 1 is 1.21 bits per heavy atom. The van der Waals surface area contributed by atoms with E-state index in [-0.39, 0.29) is 24.5 Å². The van der Waals surface area contributed by atoms with Crippen LogP contribution < -0.4 is 0 Å². The second kappa shape index (κ2) is 4.57. The van der Waals surface area contributed by atoms with Crippen LogP contribution in [0.2, 0.25) is 0 Å². The van der Waals surface area contributed by atoms with Gasteiger partial charge in [-0.05, 0) is 5.92 Å². The average Bonchev–Trinajstić information content (AvgIpc) is 2.14. The quantitative estimate of drug-likeness (QED) is 0.580. The van der Waals surface area contributed by atoms with Crippen LogP contribution in [0.1, 0.15) is 20.8 Å². The highest BCUT2D eigenvalue weighted by molar-refractivity contribution is 4.90. The van der Waals surface area contributed by atoms with E-state index in [0.717, 1.165) is 0 Å². The highest BCUT2D eigenvalue weighted by atomic mass is 16.5. The summed E-state index contributed by atoms with van der Waals surface area (Å²) in [5.74, 6) is -0.0812. The number of hydrogen-bond donors (Lipinski definition) is 3. The Balaban J connectivity index is 2.73. The molecule has 0 amide bonds. The Morgan fingerprint density at radius 2 is 1.79 bits per heavy atom. The van der Waals surface area contributed by atoms with Gasteiger partial charge in [-0.2, -0.15) is 0 Å². The Kier molecular flexibility index (Phi) is 3.89. The normalized spacial score (nSPS) is 44.4. The summed E-state index contributed by atoms with van der Waals surface area (Å²) in [6, 6.07) is 0. The first-order valence-corrected chi connectivity index (χ1v) is 5.11. The van der Waals surface area contributed by atoms with Crippen LogP contribution >= 0.6 is 0 Å². The Bertz CT molecular complexity index is 181. The Labute approximate surface area is 84.5 Å². The van der Waals surface area contributed by atoms with Gasteiger partial charge in [-0.3, -0.25) is 0 Å². The molecule has 0 spiro atoms. The maximum Gasteiger partial charge on any atom is 0.107 e. The Hall–Kier alpha value is -0.160. The number of rotatable bonds is 2. The summed E-state index contributed by atoms with van der Waals surface area (Å²) in [4.78, 5) is 0. The lowest BCUT2D eigenvalue weighted by atomic mass is 9.84. The third kappa shape index (κ3) is 2.08. The second-order valence-electron chi connectivity index (χ2n) is 4.41. The molecule has 0 aliphatic carbocycles. The number of hydrogen-bond acceptors (Lipinski definition) is 4. The van der Waals surface area contributed by atoms with E-state index in [0.29, 0.717) is 0 Å². The van der Waals surface area contributed by atoms with Crippen molar-refractivity contribution >= 4 is 0 Å². The van der Waals surface area contributed by atoms with Crippen LogP contribution in [-0.4, -0.2) is 46.3 Å². The van der Waals surface area contributed by atoms with E-state index in [9.17, 15) is 10.2 Å². The maximum absolute atomic E-state index is 9.82. The SMILES string of the molecule is CC(C)[C@@H]1O[C@H](CO)[C@H](O)[C@H](C)[C@H]1O. The summed E-state index contributed by atoms with van der Waals surface area (Å²) in [5, 5.41) is 28.5. The molecule has 0 radical (unpaired) electrons. The lowest BCUT2D eigenvalue weighted by Crippen LogP contribution is -2.55. The first-order chi connectivity index (χ1) is 6.49. The van der Waals surface area contributed by atoms with Gasteiger partial charge in [0.2, 0.25) is 0 Å². The average molecular weight is 204 g/mol. The van der Waals surface area contributed by atoms with Crippen molar-refractivity contribution in [3.05, 3.63) is 0 Å². The molecule has 1 fully saturated rings. The molecular formula is C10H20O4. The van der Waals surface area contributed by atoms with Gasteiger partial charge in [0.05, 0.1) is 24.9 Å². The maximum atomic E-state index is 9.82. The summed E-state index contributed by atoms with van der Waals surface area (Å²) < 4.78 is 5.44. The minimum Gasteiger partial charge on any atom is -0.394 e. The van der Waals surface area contributed by atoms with Crippen molar-refractivity contribution in [2.45, 2.75) is 45.2 Å². The largest absolute Gasteiger partial charge is 0.394 e. The molecule has 0 aromatic carbocycles. The fourth-order valence-corrected chi connectivity index (χ4v) is 1.91. The summed E-state index contributed by atoms with van der Waals surface area (Å²) in [7, 11) is 0. The monoisotopic (exact) mass is 204 g/mol. The summed E-state index contributed by atoms with van der Waals surface area (Å²) in [6.07, 6.45) is -2.32. The molecule has 1 rings (SSSR count). The van der Waals surface area contributed by atoms with Gasteiger partial charge in [-0.1, -0.05) is 20.8 Å². The number of ether oxygens (including phenoxy) is 1. The molecular weight excluding hydrogens is 184 g/mol. The zero-order valence-corrected chi connectivity index (χ0v) is 8.92. The van der Waals surface area contributed by atoms with Crippen LogP contribution in [0.5, 0.6) is 0 Å². The van der Waals surface area contributed by atoms with Crippen LogP contribution in [-0.2, 0) is 4.74 Å². The summed E-state index contributed by atoms with van der Waals surface area (Å²) in [6.45, 7) is 5.47. The number of aliphatic hydroxyl groups excluding tert-OH is 3. The van der Waals surface area contributed by atoms with Crippen LogP contribution in [0.3, 0.4) is 0 Å². The minimum absolute atomic E-state index is 0.175. The van der Waals surface area contributed by atoms with E-state index in [1.165, 1.54) is 0 Å². The molecule has 1 aliphatic heterocycles. The van der Waals surface area contributed by atoms with Crippen LogP contribution in [0.15, 0.2) is 0 Å². The molecule has 14 heavy (non-hydrogen) atoms. The molecule has 84 valence electrons. The molecule has 0 unspecified atom stereocenters. The topological polar surface area (TPSA) is 69.9 Å². The highest BCUT2D eigenvalue weighted by Gasteiger charge is 2.42. The molecule has 1 saturated heterocycles. The van der Waals surface area contributed by atoms with Crippen molar-refractivity contribution in [2.24, 2.45) is 11.8 Å². The van der Waals surface area contributed by atoms with Gasteiger partial charge in [0.15, 0.2) is 0 Å². The molecule has 0 saturated carbocycles. The number of aliphatic hydroxyl groups is 3. The predicted molar refractivity (Wildman–Crippen MR) is 51.8 cm³/mol. The smallest absolute Gasteiger partial charge is 0.107 e. The van der Waals surface area contributed by atoms with E-state index < -0.39 is 18.3 Å². The van der Waals surface area contributed by atoms with Crippen molar-refractivity contribution in [3.63, 3.8) is 0 Å². The van der Waals surface area contributed by atoms with Gasteiger partial charge in [-0.25, -0.2) is 0 Å². The molecule has 1 heterocycles. The van der Waals surface area contributed by atoms with E-state index >= 15 is 0 Å². The predicted octanol–water partition coefficient (Wildman–Crippen LogP) is -0.240. The van der Waals surface area contributed by atoms with E-state index in [1.807, 2.05) is 13.8 Å². The highest BCUT2D eigenvalue weighted by Crippen LogP contribution is 2.29. The molecule has 3 N–H and O–H groups in total. The zero-order valence-electron chi connectivity index (χ0n) is 8.92. The third-order valence-corrected chi connectivity index (χ3v) is 2.96. The lowest BCUT2D eigenvalue weighted by Gasteiger charge is -2.42. The van der Waals surface area contributed by atoms with Gasteiger partial charge >= 0.3 is 0 Å². The molecule has 0 aromatic rings. The first-order valence-electron chi connectivity index (χ1n) is 5.11. The van der Waals surface area contributed by atoms with Gasteiger partial charge in [0, 0.05) is 5.92 Å². The molecule has 4 heteroatoms. The standard InChI is InChI=1S/C10H20O4/c1-5(2)10-9(13)6(3)8(12)7(4-11)14-10/h5-13H,4H2,1-3H3/t6-,7+,8+,9+,10-/m0/s1. The van der Waals surface area contributed by atoms with Gasteiger partial charge < -0.3 is 20.1 Å². The zero-order chi connectivity index (χ0) is 10.9.